The van der Waals surface area contributed by atoms with E-state index in [2.05, 4.69) is 84.7 Å². The van der Waals surface area contributed by atoms with Crippen LogP contribution < -0.4 is 4.57 Å². The van der Waals surface area contributed by atoms with Gasteiger partial charge >= 0.3 is 0 Å². The summed E-state index contributed by atoms with van der Waals surface area (Å²) in [7, 11) is 2.01. The molecule has 0 bridgehead atoms. The van der Waals surface area contributed by atoms with Crippen LogP contribution in [0.1, 0.15) is 5.56 Å². The van der Waals surface area contributed by atoms with E-state index in [1.54, 1.807) is 0 Å². The Morgan fingerprint density at radius 2 is 1.52 bits per heavy atom. The van der Waals surface area contributed by atoms with E-state index < -0.39 is 0 Å². The van der Waals surface area contributed by atoms with Crippen LogP contribution in [0.2, 0.25) is 0 Å². The molecule has 0 aliphatic heterocycles. The largest absolute Gasteiger partial charge is 0.279 e. The Bertz CT molecular complexity index is 1340. The molecule has 0 aliphatic carbocycles. The molecule has 0 N–H and O–H groups in total. The zero-order valence-electron chi connectivity index (χ0n) is 16.5. The fraction of sp³-hybridized carbons (Fsp3) is 0.0769. The van der Waals surface area contributed by atoms with Gasteiger partial charge in [-0.15, -0.1) is 23.1 Å². The van der Waals surface area contributed by atoms with Gasteiger partial charge in [0.15, 0.2) is 0 Å². The van der Waals surface area contributed by atoms with E-state index in [1.165, 1.54) is 21.7 Å². The number of aromatic nitrogens is 2. The molecule has 2 nitrogen and oxygen atoms in total. The second kappa shape index (κ2) is 8.14. The first-order valence-electron chi connectivity index (χ1n) is 9.38. The quantitative estimate of drug-likeness (QED) is 0.199. The molecule has 1 aromatic heterocycles. The Balaban J connectivity index is 0.00000205. The molecule has 0 fully saturated rings. The van der Waals surface area contributed by atoms with Crippen molar-refractivity contribution in [2.45, 2.75) is 6.92 Å². The second-order valence-corrected chi connectivity index (χ2v) is 7.13. The summed E-state index contributed by atoms with van der Waals surface area (Å²) in [5, 5.41) is 4.83. The minimum atomic E-state index is 0. The summed E-state index contributed by atoms with van der Waals surface area (Å²) >= 11 is 0. The van der Waals surface area contributed by atoms with Crippen molar-refractivity contribution in [3.63, 3.8) is 0 Å². The Hall–Kier alpha value is -2.42. The molecule has 1 heterocycles. The molecule has 0 unspecified atom stereocenters. The van der Waals surface area contributed by atoms with Gasteiger partial charge in [0.05, 0.1) is 12.7 Å². The number of aryl methyl sites for hydroxylation is 2. The predicted octanol–water partition coefficient (Wildman–Crippen LogP) is 5.45. The van der Waals surface area contributed by atoms with Crippen molar-refractivity contribution in [3.05, 3.63) is 97.0 Å². The Morgan fingerprint density at radius 3 is 2.38 bits per heavy atom. The molecule has 1 radical (unpaired) electrons. The van der Waals surface area contributed by atoms with E-state index in [-0.39, 0.29) is 32.7 Å². The monoisotopic (exact) mass is 448 g/mol. The van der Waals surface area contributed by atoms with Crippen molar-refractivity contribution in [3.8, 4) is 22.4 Å². The average Bonchev–Trinajstić information content (AvgIpc) is 2.74. The third-order valence-electron chi connectivity index (χ3n) is 5.29. The summed E-state index contributed by atoms with van der Waals surface area (Å²) in [6.07, 6.45) is 3.65. The van der Waals surface area contributed by atoms with Crippen molar-refractivity contribution in [2.75, 3.05) is 0 Å². The van der Waals surface area contributed by atoms with Crippen molar-refractivity contribution >= 4 is 21.5 Å². The maximum atomic E-state index is 4.19. The molecule has 0 amide bonds. The van der Waals surface area contributed by atoms with Gasteiger partial charge in [-0.3, -0.25) is 4.57 Å². The molecular formula is C26H19N2Y-. The van der Waals surface area contributed by atoms with Gasteiger partial charge < -0.3 is 0 Å². The standard InChI is InChI=1S/C26H19N2.Y/c1-18-7-8-21(15-24(18)26-13-14-27-17-28(26)2)22-12-11-20-10-9-19-5-3-4-6-23(19)25(20)16-22;/h3-14,17H,1-2H3;/q-1;. The molecule has 0 spiro atoms. The van der Waals surface area contributed by atoms with Crippen molar-refractivity contribution in [2.24, 2.45) is 7.05 Å². The zero-order valence-corrected chi connectivity index (χ0v) is 19.3. The first-order valence-corrected chi connectivity index (χ1v) is 9.38. The molecule has 29 heavy (non-hydrogen) atoms. The van der Waals surface area contributed by atoms with E-state index in [9.17, 15) is 0 Å². The SMILES string of the molecule is Cc1ccc(-c2[c-]c3c(cc2)ccc2ccccc23)[c-]c1-c1ccnc[n+]1C.[Y]. The number of fused-ring (bicyclic) bond motifs is 3. The fourth-order valence-corrected chi connectivity index (χ4v) is 3.75. The Kier molecular flexibility index (Phi) is 5.58. The van der Waals surface area contributed by atoms with Crippen LogP contribution in [0.4, 0.5) is 0 Å². The smallest absolute Gasteiger partial charge is 0.266 e. The summed E-state index contributed by atoms with van der Waals surface area (Å²) < 4.78 is 2.03. The van der Waals surface area contributed by atoms with Crippen molar-refractivity contribution < 1.29 is 37.3 Å². The third kappa shape index (κ3) is 3.63. The van der Waals surface area contributed by atoms with Crippen LogP contribution in [-0.2, 0) is 39.8 Å². The summed E-state index contributed by atoms with van der Waals surface area (Å²) in [5.74, 6) is 0. The molecule has 5 rings (SSSR count). The van der Waals surface area contributed by atoms with E-state index >= 15 is 0 Å². The van der Waals surface area contributed by atoms with Gasteiger partial charge in [0.2, 0.25) is 0 Å². The van der Waals surface area contributed by atoms with Crippen LogP contribution in [0.5, 0.6) is 0 Å². The first kappa shape index (κ1) is 19.9. The molecule has 4 aromatic carbocycles. The van der Waals surface area contributed by atoms with Crippen LogP contribution in [0.15, 0.2) is 79.3 Å². The minimum Gasteiger partial charge on any atom is -0.266 e. The average molecular weight is 448 g/mol. The summed E-state index contributed by atoms with van der Waals surface area (Å²) in [5.41, 5.74) is 5.49. The summed E-state index contributed by atoms with van der Waals surface area (Å²) in [4.78, 5) is 4.19. The summed E-state index contributed by atoms with van der Waals surface area (Å²) in [6.45, 7) is 2.12. The molecule has 0 saturated heterocycles. The first-order chi connectivity index (χ1) is 13.7. The number of nitrogens with zero attached hydrogens (tertiary/aromatic N) is 2. The topological polar surface area (TPSA) is 16.8 Å². The Morgan fingerprint density at radius 1 is 0.793 bits per heavy atom. The molecule has 3 heteroatoms. The van der Waals surface area contributed by atoms with Gasteiger partial charge in [0.1, 0.15) is 6.20 Å². The van der Waals surface area contributed by atoms with Crippen molar-refractivity contribution in [1.29, 1.82) is 0 Å². The number of rotatable bonds is 2. The van der Waals surface area contributed by atoms with E-state index in [0.29, 0.717) is 0 Å². The molecule has 0 saturated carbocycles. The summed E-state index contributed by atoms with van der Waals surface area (Å²) in [6, 6.07) is 30.7. The van der Waals surface area contributed by atoms with Gasteiger partial charge in [-0.1, -0.05) is 70.0 Å². The maximum absolute atomic E-state index is 4.19. The number of hydrogen-bond acceptors (Lipinski definition) is 1. The van der Waals surface area contributed by atoms with Gasteiger partial charge in [-0.05, 0) is 6.07 Å². The Labute approximate surface area is 196 Å². The maximum Gasteiger partial charge on any atom is 0.279 e. The normalized spacial score (nSPS) is 10.8. The van der Waals surface area contributed by atoms with Crippen LogP contribution in [0.25, 0.3) is 43.9 Å². The van der Waals surface area contributed by atoms with Gasteiger partial charge in [0.25, 0.3) is 6.33 Å². The zero-order chi connectivity index (χ0) is 19.1. The molecule has 0 atom stereocenters. The van der Waals surface area contributed by atoms with Crippen molar-refractivity contribution in [1.82, 2.24) is 4.98 Å². The fourth-order valence-electron chi connectivity index (χ4n) is 3.75. The van der Waals surface area contributed by atoms with Crippen LogP contribution >= 0.6 is 0 Å². The molecule has 5 aromatic rings. The molecular weight excluding hydrogens is 429 g/mol. The van der Waals surface area contributed by atoms with Gasteiger partial charge in [-0.2, -0.15) is 35.4 Å². The van der Waals surface area contributed by atoms with E-state index in [0.717, 1.165) is 27.8 Å². The number of benzene rings is 4. The van der Waals surface area contributed by atoms with E-state index in [1.807, 2.05) is 30.2 Å². The van der Waals surface area contributed by atoms with Gasteiger partial charge in [0, 0.05) is 32.7 Å². The van der Waals surface area contributed by atoms with E-state index in [4.69, 9.17) is 0 Å². The number of hydrogen-bond donors (Lipinski definition) is 0. The molecule has 0 aliphatic rings. The van der Waals surface area contributed by atoms with Crippen LogP contribution in [0.3, 0.4) is 0 Å². The second-order valence-electron chi connectivity index (χ2n) is 7.13. The third-order valence-corrected chi connectivity index (χ3v) is 5.29. The van der Waals surface area contributed by atoms with Gasteiger partial charge in [-0.25, -0.2) is 0 Å². The molecule has 137 valence electrons. The van der Waals surface area contributed by atoms with Crippen LogP contribution in [-0.4, -0.2) is 4.98 Å². The van der Waals surface area contributed by atoms with Crippen LogP contribution in [0, 0.1) is 19.1 Å². The minimum absolute atomic E-state index is 0. The predicted molar refractivity (Wildman–Crippen MR) is 114 cm³/mol.